The fourth-order valence-corrected chi connectivity index (χ4v) is 1.93. The molecule has 0 aliphatic rings. The van der Waals surface area contributed by atoms with Crippen molar-refractivity contribution in [3.63, 3.8) is 0 Å². The maximum Gasteiger partial charge on any atom is 0.159 e. The second kappa shape index (κ2) is 5.55. The van der Waals surface area contributed by atoms with E-state index in [1.165, 1.54) is 0 Å². The minimum absolute atomic E-state index is 0.0789. The predicted octanol–water partition coefficient (Wildman–Crippen LogP) is 4.24. The number of aromatic nitrogens is 2. The molecule has 0 saturated heterocycles. The predicted molar refractivity (Wildman–Crippen MR) is 73.3 cm³/mol. The summed E-state index contributed by atoms with van der Waals surface area (Å²) in [5.41, 5.74) is 1.57. The van der Waals surface area contributed by atoms with Crippen LogP contribution in [0.4, 0.5) is 0 Å². The van der Waals surface area contributed by atoms with Gasteiger partial charge in [-0.15, -0.1) is 10.2 Å². The third kappa shape index (κ3) is 2.92. The van der Waals surface area contributed by atoms with Gasteiger partial charge in [-0.3, -0.25) is 0 Å². The minimum atomic E-state index is 0.0789. The lowest BCUT2D eigenvalue weighted by atomic mass is 10.1. The number of halogens is 2. The monoisotopic (exact) mass is 282 g/mol. The third-order valence-electron chi connectivity index (χ3n) is 2.26. The molecule has 1 heterocycles. The van der Waals surface area contributed by atoms with Crippen LogP contribution in [0.2, 0.25) is 10.3 Å². The molecule has 0 atom stereocenters. The molecule has 0 fully saturated rings. The van der Waals surface area contributed by atoms with Crippen molar-refractivity contribution in [1.82, 2.24) is 10.2 Å². The Hall–Kier alpha value is -1.32. The molecule has 0 spiro atoms. The maximum atomic E-state index is 6.05. The van der Waals surface area contributed by atoms with Crippen LogP contribution in [0.5, 0.6) is 5.75 Å². The van der Waals surface area contributed by atoms with E-state index in [0.717, 1.165) is 11.3 Å². The molecule has 0 amide bonds. The molecule has 5 heteroatoms. The van der Waals surface area contributed by atoms with Gasteiger partial charge in [-0.05, 0) is 26.0 Å². The molecule has 2 aromatic rings. The van der Waals surface area contributed by atoms with Crippen LogP contribution in [-0.4, -0.2) is 16.3 Å². The Labute approximate surface area is 116 Å². The number of ether oxygens (including phenoxy) is 1. The zero-order chi connectivity index (χ0) is 13.1. The lowest BCUT2D eigenvalue weighted by molar-refractivity contribution is 0.243. The van der Waals surface area contributed by atoms with Crippen LogP contribution < -0.4 is 4.74 Å². The second-order valence-electron chi connectivity index (χ2n) is 4.03. The molecule has 1 aromatic carbocycles. The number of para-hydroxylation sites is 1. The molecule has 3 nitrogen and oxygen atoms in total. The molecule has 0 saturated carbocycles. The van der Waals surface area contributed by atoms with E-state index >= 15 is 0 Å². The molecule has 0 aliphatic heterocycles. The smallest absolute Gasteiger partial charge is 0.159 e. The van der Waals surface area contributed by atoms with E-state index in [1.54, 1.807) is 6.07 Å². The Morgan fingerprint density at radius 2 is 1.78 bits per heavy atom. The molecule has 18 heavy (non-hydrogen) atoms. The van der Waals surface area contributed by atoms with Gasteiger partial charge in [-0.25, -0.2) is 0 Å². The molecule has 1 aromatic heterocycles. The fourth-order valence-electron chi connectivity index (χ4n) is 1.59. The number of nitrogens with zero attached hydrogens (tertiary/aromatic N) is 2. The summed E-state index contributed by atoms with van der Waals surface area (Å²) in [7, 11) is 0. The molecule has 0 aliphatic carbocycles. The lowest BCUT2D eigenvalue weighted by Crippen LogP contribution is -2.06. The van der Waals surface area contributed by atoms with Crippen molar-refractivity contribution >= 4 is 23.2 Å². The van der Waals surface area contributed by atoms with Crippen molar-refractivity contribution in [2.75, 3.05) is 0 Å². The third-order valence-corrected chi connectivity index (χ3v) is 2.72. The highest BCUT2D eigenvalue weighted by Crippen LogP contribution is 2.34. The summed E-state index contributed by atoms with van der Waals surface area (Å²) in [5, 5.41) is 8.11. The van der Waals surface area contributed by atoms with Crippen LogP contribution in [0.15, 0.2) is 30.3 Å². The molecule has 0 N–H and O–H groups in total. The SMILES string of the molecule is CC(C)Oc1ccccc1-c1cc(Cl)nnc1Cl. The van der Waals surface area contributed by atoms with E-state index in [0.29, 0.717) is 15.9 Å². The summed E-state index contributed by atoms with van der Waals surface area (Å²) in [6, 6.07) is 9.30. The van der Waals surface area contributed by atoms with Crippen LogP contribution in [0, 0.1) is 0 Å². The average Bonchev–Trinajstić information content (AvgIpc) is 2.32. The van der Waals surface area contributed by atoms with Gasteiger partial charge in [0.25, 0.3) is 0 Å². The van der Waals surface area contributed by atoms with Crippen LogP contribution >= 0.6 is 23.2 Å². The Morgan fingerprint density at radius 3 is 2.50 bits per heavy atom. The second-order valence-corrected chi connectivity index (χ2v) is 4.78. The van der Waals surface area contributed by atoms with Gasteiger partial charge in [0.1, 0.15) is 5.75 Å². The van der Waals surface area contributed by atoms with Crippen molar-refractivity contribution in [2.45, 2.75) is 20.0 Å². The maximum absolute atomic E-state index is 6.05. The minimum Gasteiger partial charge on any atom is -0.490 e. The molecular formula is C13H12Cl2N2O. The van der Waals surface area contributed by atoms with Gasteiger partial charge in [-0.2, -0.15) is 0 Å². The van der Waals surface area contributed by atoms with Crippen LogP contribution in [0.3, 0.4) is 0 Å². The zero-order valence-electron chi connectivity index (χ0n) is 10.0. The first-order chi connectivity index (χ1) is 8.58. The molecule has 0 bridgehead atoms. The normalized spacial score (nSPS) is 10.7. The summed E-state index contributed by atoms with van der Waals surface area (Å²) in [6.45, 7) is 3.94. The first-order valence-corrected chi connectivity index (χ1v) is 6.28. The zero-order valence-corrected chi connectivity index (χ0v) is 11.5. The Kier molecular flexibility index (Phi) is 4.04. The van der Waals surface area contributed by atoms with Crippen LogP contribution in [0.1, 0.15) is 13.8 Å². The quantitative estimate of drug-likeness (QED) is 0.845. The molecule has 0 unspecified atom stereocenters. The number of rotatable bonds is 3. The standard InChI is InChI=1S/C13H12Cl2N2O/c1-8(2)18-11-6-4-3-5-9(11)10-7-12(14)16-17-13(10)15/h3-8H,1-2H3. The first-order valence-electron chi connectivity index (χ1n) is 5.52. The molecular weight excluding hydrogens is 271 g/mol. The molecule has 2 rings (SSSR count). The fraction of sp³-hybridized carbons (Fsp3) is 0.231. The first kappa shape index (κ1) is 13.1. The topological polar surface area (TPSA) is 35.0 Å². The van der Waals surface area contributed by atoms with E-state index in [2.05, 4.69) is 10.2 Å². The van der Waals surface area contributed by atoms with E-state index in [1.807, 2.05) is 38.1 Å². The summed E-state index contributed by atoms with van der Waals surface area (Å²) < 4.78 is 5.74. The summed E-state index contributed by atoms with van der Waals surface area (Å²) in [6.07, 6.45) is 0.0789. The summed E-state index contributed by atoms with van der Waals surface area (Å²) in [4.78, 5) is 0. The average molecular weight is 283 g/mol. The van der Waals surface area contributed by atoms with E-state index in [4.69, 9.17) is 27.9 Å². The highest BCUT2D eigenvalue weighted by atomic mass is 35.5. The van der Waals surface area contributed by atoms with E-state index in [-0.39, 0.29) is 6.10 Å². The lowest BCUT2D eigenvalue weighted by Gasteiger charge is -2.14. The molecule has 0 radical (unpaired) electrons. The number of hydrogen-bond donors (Lipinski definition) is 0. The van der Waals surface area contributed by atoms with Gasteiger partial charge in [0.05, 0.1) is 6.10 Å². The van der Waals surface area contributed by atoms with Gasteiger partial charge in [0.15, 0.2) is 10.3 Å². The van der Waals surface area contributed by atoms with Gasteiger partial charge < -0.3 is 4.74 Å². The van der Waals surface area contributed by atoms with Gasteiger partial charge in [0, 0.05) is 11.1 Å². The number of benzene rings is 1. The number of hydrogen-bond acceptors (Lipinski definition) is 3. The Morgan fingerprint density at radius 1 is 1.06 bits per heavy atom. The van der Waals surface area contributed by atoms with Crippen molar-refractivity contribution in [2.24, 2.45) is 0 Å². The van der Waals surface area contributed by atoms with Crippen molar-refractivity contribution in [3.8, 4) is 16.9 Å². The molecule has 94 valence electrons. The van der Waals surface area contributed by atoms with Crippen LogP contribution in [0.25, 0.3) is 11.1 Å². The van der Waals surface area contributed by atoms with Gasteiger partial charge in [0.2, 0.25) is 0 Å². The van der Waals surface area contributed by atoms with E-state index < -0.39 is 0 Å². The summed E-state index contributed by atoms with van der Waals surface area (Å²) >= 11 is 11.9. The van der Waals surface area contributed by atoms with Crippen LogP contribution in [-0.2, 0) is 0 Å². The van der Waals surface area contributed by atoms with Gasteiger partial charge >= 0.3 is 0 Å². The Balaban J connectivity index is 2.53. The largest absolute Gasteiger partial charge is 0.490 e. The highest BCUT2D eigenvalue weighted by molar-refractivity contribution is 6.33. The van der Waals surface area contributed by atoms with Crippen molar-refractivity contribution < 1.29 is 4.74 Å². The van der Waals surface area contributed by atoms with Gasteiger partial charge in [-0.1, -0.05) is 41.4 Å². The highest BCUT2D eigenvalue weighted by Gasteiger charge is 2.12. The van der Waals surface area contributed by atoms with E-state index in [9.17, 15) is 0 Å². The Bertz CT molecular complexity index is 558. The van der Waals surface area contributed by atoms with Crippen molar-refractivity contribution in [1.29, 1.82) is 0 Å². The van der Waals surface area contributed by atoms with Crippen molar-refractivity contribution in [3.05, 3.63) is 40.6 Å². The summed E-state index contributed by atoms with van der Waals surface area (Å²) in [5.74, 6) is 0.749.